The minimum atomic E-state index is -0.456. The molecule has 5 heteroatoms. The zero-order valence-electron chi connectivity index (χ0n) is 13.8. The molecule has 0 radical (unpaired) electrons. The molecule has 0 spiro atoms. The monoisotopic (exact) mass is 397 g/mol. The lowest BCUT2D eigenvalue weighted by atomic mass is 10.1. The van der Waals surface area contributed by atoms with Crippen LogP contribution in [0.3, 0.4) is 0 Å². The molecular weight excluding hydrogens is 382 g/mol. The number of methoxy groups -OCH3 is 1. The van der Waals surface area contributed by atoms with Gasteiger partial charge in [-0.2, -0.15) is 0 Å². The first-order valence-corrected chi connectivity index (χ1v) is 8.46. The van der Waals surface area contributed by atoms with E-state index < -0.39 is 5.97 Å². The molecule has 0 fully saturated rings. The third kappa shape index (κ3) is 4.06. The fraction of sp³-hybridized carbons (Fsp3) is 0.100. The van der Waals surface area contributed by atoms with Crippen LogP contribution in [0.4, 0.5) is 0 Å². The van der Waals surface area contributed by atoms with Crippen molar-refractivity contribution >= 4 is 33.9 Å². The van der Waals surface area contributed by atoms with Crippen molar-refractivity contribution in [3.8, 4) is 5.75 Å². The average molecular weight is 398 g/mol. The number of benzene rings is 2. The van der Waals surface area contributed by atoms with E-state index in [2.05, 4.69) is 20.9 Å². The maximum Gasteiger partial charge on any atom is 0.363 e. The Kier molecular flexibility index (Phi) is 5.14. The predicted octanol–water partition coefficient (Wildman–Crippen LogP) is 4.75. The van der Waals surface area contributed by atoms with Gasteiger partial charge in [-0.1, -0.05) is 36.4 Å². The van der Waals surface area contributed by atoms with Gasteiger partial charge in [0.25, 0.3) is 0 Å². The zero-order valence-corrected chi connectivity index (χ0v) is 15.4. The van der Waals surface area contributed by atoms with Crippen LogP contribution in [0.5, 0.6) is 5.75 Å². The summed E-state index contributed by atoms with van der Waals surface area (Å²) in [6.45, 7) is 1.92. The zero-order chi connectivity index (χ0) is 17.8. The number of allylic oxidation sites excluding steroid dienone is 2. The molecule has 126 valence electrons. The Morgan fingerprint density at radius 2 is 1.96 bits per heavy atom. The molecule has 0 bridgehead atoms. The molecule has 0 atom stereocenters. The summed E-state index contributed by atoms with van der Waals surface area (Å²) in [5, 5.41) is 0. The summed E-state index contributed by atoms with van der Waals surface area (Å²) in [5.74, 6) is 0.529. The molecule has 0 N–H and O–H groups in total. The number of carbonyl (C=O) groups excluding carboxylic acids is 1. The molecule has 0 unspecified atom stereocenters. The van der Waals surface area contributed by atoms with Gasteiger partial charge in [0.05, 0.1) is 11.6 Å². The molecule has 1 aliphatic rings. The Morgan fingerprint density at radius 3 is 2.64 bits per heavy atom. The van der Waals surface area contributed by atoms with Gasteiger partial charge in [0, 0.05) is 5.56 Å². The number of ether oxygens (including phenoxy) is 2. The van der Waals surface area contributed by atoms with Gasteiger partial charge in [-0.3, -0.25) is 0 Å². The second-order valence-corrected chi connectivity index (χ2v) is 6.34. The smallest absolute Gasteiger partial charge is 0.363 e. The summed E-state index contributed by atoms with van der Waals surface area (Å²) in [6, 6.07) is 15.3. The van der Waals surface area contributed by atoms with Gasteiger partial charge in [-0.05, 0) is 58.3 Å². The summed E-state index contributed by atoms with van der Waals surface area (Å²) in [7, 11) is 1.59. The van der Waals surface area contributed by atoms with Crippen LogP contribution in [0, 0.1) is 0 Å². The molecule has 0 amide bonds. The van der Waals surface area contributed by atoms with Crippen molar-refractivity contribution < 1.29 is 14.3 Å². The summed E-state index contributed by atoms with van der Waals surface area (Å²) in [6.07, 6.45) is 3.71. The number of carbonyl (C=O) groups is 1. The van der Waals surface area contributed by atoms with Crippen molar-refractivity contribution in [1.29, 1.82) is 0 Å². The van der Waals surface area contributed by atoms with E-state index in [1.54, 1.807) is 31.4 Å². The number of hydrogen-bond acceptors (Lipinski definition) is 4. The summed E-state index contributed by atoms with van der Waals surface area (Å²) in [4.78, 5) is 16.4. The van der Waals surface area contributed by atoms with E-state index in [9.17, 15) is 4.79 Å². The third-order valence-electron chi connectivity index (χ3n) is 3.58. The number of hydrogen-bond donors (Lipinski definition) is 0. The van der Waals surface area contributed by atoms with Crippen LogP contribution in [0.25, 0.3) is 6.08 Å². The summed E-state index contributed by atoms with van der Waals surface area (Å²) in [5.41, 5.74) is 2.96. The van der Waals surface area contributed by atoms with E-state index >= 15 is 0 Å². The predicted molar refractivity (Wildman–Crippen MR) is 101 cm³/mol. The molecule has 2 aromatic carbocycles. The lowest BCUT2D eigenvalue weighted by Gasteiger charge is -2.05. The van der Waals surface area contributed by atoms with Crippen molar-refractivity contribution in [2.75, 3.05) is 7.11 Å². The second kappa shape index (κ2) is 7.49. The van der Waals surface area contributed by atoms with E-state index in [-0.39, 0.29) is 11.6 Å². The van der Waals surface area contributed by atoms with Gasteiger partial charge in [0.2, 0.25) is 5.90 Å². The Balaban J connectivity index is 1.87. The number of esters is 1. The highest BCUT2D eigenvalue weighted by Crippen LogP contribution is 2.27. The minimum Gasteiger partial charge on any atom is -0.496 e. The quantitative estimate of drug-likeness (QED) is 0.552. The first-order valence-electron chi connectivity index (χ1n) is 7.66. The van der Waals surface area contributed by atoms with Crippen LogP contribution < -0.4 is 4.74 Å². The topological polar surface area (TPSA) is 47.9 Å². The Labute approximate surface area is 154 Å². The lowest BCUT2D eigenvalue weighted by Crippen LogP contribution is -2.05. The van der Waals surface area contributed by atoms with Gasteiger partial charge < -0.3 is 9.47 Å². The molecule has 25 heavy (non-hydrogen) atoms. The third-order valence-corrected chi connectivity index (χ3v) is 4.20. The first-order chi connectivity index (χ1) is 12.1. The van der Waals surface area contributed by atoms with Crippen molar-refractivity contribution in [2.24, 2.45) is 4.99 Å². The SMILES string of the molecule is COc1ccc(C2=NC(=CC(C)=Cc3ccccc3)C(=O)O2)cc1Br. The molecule has 0 saturated heterocycles. The van der Waals surface area contributed by atoms with Crippen LogP contribution >= 0.6 is 15.9 Å². The van der Waals surface area contributed by atoms with E-state index in [0.717, 1.165) is 15.6 Å². The molecule has 1 heterocycles. The normalized spacial score (nSPS) is 16.0. The number of nitrogens with zero attached hydrogens (tertiary/aromatic N) is 1. The highest BCUT2D eigenvalue weighted by molar-refractivity contribution is 9.10. The molecular formula is C20H16BrNO3. The van der Waals surface area contributed by atoms with E-state index in [1.165, 1.54) is 0 Å². The maximum atomic E-state index is 12.1. The Morgan fingerprint density at radius 1 is 1.20 bits per heavy atom. The van der Waals surface area contributed by atoms with Crippen LogP contribution in [0.2, 0.25) is 0 Å². The van der Waals surface area contributed by atoms with Gasteiger partial charge in [-0.25, -0.2) is 9.79 Å². The van der Waals surface area contributed by atoms with Crippen molar-refractivity contribution in [3.63, 3.8) is 0 Å². The van der Waals surface area contributed by atoms with Crippen LogP contribution in [-0.2, 0) is 9.53 Å². The number of halogens is 1. The lowest BCUT2D eigenvalue weighted by molar-refractivity contribution is -0.130. The van der Waals surface area contributed by atoms with E-state index in [1.807, 2.05) is 43.3 Å². The fourth-order valence-corrected chi connectivity index (χ4v) is 2.94. The molecule has 1 aliphatic heterocycles. The fourth-order valence-electron chi connectivity index (χ4n) is 2.40. The second-order valence-electron chi connectivity index (χ2n) is 5.48. The van der Waals surface area contributed by atoms with Crippen LogP contribution in [0.1, 0.15) is 18.1 Å². The minimum absolute atomic E-state index is 0.284. The largest absolute Gasteiger partial charge is 0.496 e. The van der Waals surface area contributed by atoms with Gasteiger partial charge in [0.15, 0.2) is 5.70 Å². The number of rotatable bonds is 4. The number of cyclic esters (lactones) is 1. The molecule has 0 aliphatic carbocycles. The van der Waals surface area contributed by atoms with Crippen LogP contribution in [-0.4, -0.2) is 19.0 Å². The van der Waals surface area contributed by atoms with E-state index in [4.69, 9.17) is 9.47 Å². The van der Waals surface area contributed by atoms with Crippen molar-refractivity contribution in [2.45, 2.75) is 6.92 Å². The van der Waals surface area contributed by atoms with Gasteiger partial charge >= 0.3 is 5.97 Å². The molecule has 3 rings (SSSR count). The van der Waals surface area contributed by atoms with Gasteiger partial charge in [-0.15, -0.1) is 0 Å². The molecule has 0 saturated carbocycles. The highest BCUT2D eigenvalue weighted by atomic mass is 79.9. The average Bonchev–Trinajstić information content (AvgIpc) is 2.96. The summed E-state index contributed by atoms with van der Waals surface area (Å²) >= 11 is 3.42. The van der Waals surface area contributed by atoms with Crippen molar-refractivity contribution in [1.82, 2.24) is 0 Å². The van der Waals surface area contributed by atoms with E-state index in [0.29, 0.717) is 11.3 Å². The molecule has 4 nitrogen and oxygen atoms in total. The molecule has 2 aromatic rings. The van der Waals surface area contributed by atoms with Gasteiger partial charge in [0.1, 0.15) is 5.75 Å². The summed E-state index contributed by atoms with van der Waals surface area (Å²) < 4.78 is 11.3. The number of aliphatic imine (C=N–C) groups is 1. The Hall–Kier alpha value is -2.66. The highest BCUT2D eigenvalue weighted by Gasteiger charge is 2.24. The standard InChI is InChI=1S/C20H16BrNO3/c1-13(10-14-6-4-3-5-7-14)11-17-20(23)25-19(22-17)15-8-9-18(24-2)16(21)12-15/h3-12H,1-2H3. The van der Waals surface area contributed by atoms with Crippen molar-refractivity contribution in [3.05, 3.63) is 81.5 Å². The van der Waals surface area contributed by atoms with Crippen LogP contribution in [0.15, 0.2) is 75.3 Å². The molecule has 0 aromatic heterocycles. The maximum absolute atomic E-state index is 12.1. The Bertz CT molecular complexity index is 898. The first kappa shape index (κ1) is 17.2.